The lowest BCUT2D eigenvalue weighted by Crippen LogP contribution is -2.47. The first-order valence-corrected chi connectivity index (χ1v) is 6.54. The summed E-state index contributed by atoms with van der Waals surface area (Å²) in [6, 6.07) is 7.61. The third kappa shape index (κ3) is 3.26. The van der Waals surface area contributed by atoms with Gasteiger partial charge in [-0.15, -0.1) is 0 Å². The molecular weight excluding hydrogens is 240 g/mol. The molecule has 0 radical (unpaired) electrons. The first-order chi connectivity index (χ1) is 9.24. The topological polar surface area (TPSA) is 70.1 Å². The summed E-state index contributed by atoms with van der Waals surface area (Å²) in [6.45, 7) is 0.727. The number of hydrazine groups is 1. The number of nitrogens with two attached hydrogens (primary N) is 1. The van der Waals surface area contributed by atoms with Crippen molar-refractivity contribution in [1.82, 2.24) is 15.0 Å². The highest BCUT2D eigenvalue weighted by molar-refractivity contribution is 5.00. The van der Waals surface area contributed by atoms with Crippen LogP contribution in [0, 0.1) is 12.1 Å². The second-order valence-electron chi connectivity index (χ2n) is 4.62. The number of rotatable bonds is 5. The van der Waals surface area contributed by atoms with Crippen LogP contribution in [0.3, 0.4) is 0 Å². The summed E-state index contributed by atoms with van der Waals surface area (Å²) in [7, 11) is 4.01. The standard InChI is InChI=1S/C13H20N6/c1-18-12(8-3-5-9-14)16-17-13(19(18)2)11-7-4-6-10-15-11/h6,10,12-13H,3,5,8-9,14H2,1-2H3. The molecule has 19 heavy (non-hydrogen) atoms. The molecule has 2 heterocycles. The minimum absolute atomic E-state index is 0.0838. The number of aromatic nitrogens is 1. The smallest absolute Gasteiger partial charge is 0.186 e. The molecule has 2 rings (SSSR count). The van der Waals surface area contributed by atoms with Gasteiger partial charge in [-0.25, -0.2) is 15.0 Å². The highest BCUT2D eigenvalue weighted by Gasteiger charge is 2.30. The van der Waals surface area contributed by atoms with Gasteiger partial charge in [0.05, 0.1) is 0 Å². The van der Waals surface area contributed by atoms with Crippen molar-refractivity contribution in [3.05, 3.63) is 30.1 Å². The Morgan fingerprint density at radius 1 is 1.26 bits per heavy atom. The van der Waals surface area contributed by atoms with Gasteiger partial charge in [0.2, 0.25) is 0 Å². The molecule has 0 spiro atoms. The van der Waals surface area contributed by atoms with E-state index >= 15 is 0 Å². The minimum atomic E-state index is -0.215. The molecule has 0 saturated heterocycles. The normalized spacial score (nSPS) is 24.4. The van der Waals surface area contributed by atoms with Crippen LogP contribution in [0.5, 0.6) is 0 Å². The van der Waals surface area contributed by atoms with Gasteiger partial charge in [0, 0.05) is 26.4 Å². The summed E-state index contributed by atoms with van der Waals surface area (Å²) in [5.74, 6) is 0. The van der Waals surface area contributed by atoms with Gasteiger partial charge in [0.15, 0.2) is 6.17 Å². The fourth-order valence-corrected chi connectivity index (χ4v) is 2.05. The van der Waals surface area contributed by atoms with E-state index in [4.69, 9.17) is 5.73 Å². The van der Waals surface area contributed by atoms with Gasteiger partial charge < -0.3 is 5.73 Å². The number of hydrogen-bond donors (Lipinski definition) is 1. The van der Waals surface area contributed by atoms with E-state index in [2.05, 4.69) is 32.4 Å². The average molecular weight is 260 g/mol. The maximum Gasteiger partial charge on any atom is 0.186 e. The summed E-state index contributed by atoms with van der Waals surface area (Å²) in [5.41, 5.74) is 6.25. The van der Waals surface area contributed by atoms with Gasteiger partial charge in [-0.1, -0.05) is 6.07 Å². The van der Waals surface area contributed by atoms with Crippen LogP contribution >= 0.6 is 0 Å². The van der Waals surface area contributed by atoms with Crippen molar-refractivity contribution < 1.29 is 0 Å². The summed E-state index contributed by atoms with van der Waals surface area (Å²) >= 11 is 0. The summed E-state index contributed by atoms with van der Waals surface area (Å²) in [4.78, 5) is 4.26. The molecule has 2 N–H and O–H groups in total. The van der Waals surface area contributed by atoms with Gasteiger partial charge in [-0.05, 0) is 31.9 Å². The van der Waals surface area contributed by atoms with Crippen LogP contribution in [0.1, 0.15) is 31.1 Å². The summed E-state index contributed by atoms with van der Waals surface area (Å²) in [5, 5.41) is 12.9. The SMILES string of the molecule is CN1C(CCCCN)N=NC(c2c#cccn2)N1C. The molecule has 102 valence electrons. The highest BCUT2D eigenvalue weighted by atomic mass is 15.7. The van der Waals surface area contributed by atoms with Gasteiger partial charge in [-0.2, -0.15) is 10.2 Å². The van der Waals surface area contributed by atoms with E-state index in [1.165, 1.54) is 0 Å². The van der Waals surface area contributed by atoms with Gasteiger partial charge in [-0.3, -0.25) is 0 Å². The first-order valence-electron chi connectivity index (χ1n) is 6.54. The lowest BCUT2D eigenvalue weighted by Gasteiger charge is -2.38. The second-order valence-corrected chi connectivity index (χ2v) is 4.62. The van der Waals surface area contributed by atoms with E-state index in [-0.39, 0.29) is 12.3 Å². The Morgan fingerprint density at radius 3 is 2.79 bits per heavy atom. The molecule has 0 fully saturated rings. The summed E-state index contributed by atoms with van der Waals surface area (Å²) < 4.78 is 0. The van der Waals surface area contributed by atoms with Crippen molar-refractivity contribution in [2.24, 2.45) is 16.0 Å². The minimum Gasteiger partial charge on any atom is -0.330 e. The molecule has 0 aromatic carbocycles. The molecule has 1 aromatic rings. The Kier molecular flexibility index (Phi) is 4.80. The van der Waals surface area contributed by atoms with Crippen molar-refractivity contribution in [2.45, 2.75) is 31.6 Å². The maximum absolute atomic E-state index is 5.51. The third-order valence-electron chi connectivity index (χ3n) is 3.32. The molecular formula is C13H20N6. The number of azo groups is 1. The van der Waals surface area contributed by atoms with E-state index in [0.717, 1.165) is 31.5 Å². The van der Waals surface area contributed by atoms with E-state index in [0.29, 0.717) is 0 Å². The van der Waals surface area contributed by atoms with Crippen molar-refractivity contribution >= 4 is 0 Å². The van der Waals surface area contributed by atoms with Crippen LogP contribution in [-0.2, 0) is 0 Å². The Labute approximate surface area is 114 Å². The Balaban J connectivity index is 2.04. The second kappa shape index (κ2) is 6.57. The number of hydrogen-bond acceptors (Lipinski definition) is 6. The van der Waals surface area contributed by atoms with Gasteiger partial charge in [0.25, 0.3) is 0 Å². The molecule has 0 saturated carbocycles. The molecule has 6 heteroatoms. The Bertz CT molecular complexity index is 407. The molecule has 6 nitrogen and oxygen atoms in total. The zero-order chi connectivity index (χ0) is 13.7. The van der Waals surface area contributed by atoms with E-state index in [1.807, 2.05) is 19.1 Å². The zero-order valence-corrected chi connectivity index (χ0v) is 11.5. The molecule has 0 bridgehead atoms. The van der Waals surface area contributed by atoms with Crippen molar-refractivity contribution in [3.8, 4) is 0 Å². The molecule has 1 aliphatic rings. The predicted molar refractivity (Wildman–Crippen MR) is 71.7 cm³/mol. The molecule has 1 aromatic heterocycles. The molecule has 2 unspecified atom stereocenters. The number of unbranched alkanes of at least 4 members (excludes halogenated alkanes) is 1. The van der Waals surface area contributed by atoms with E-state index < -0.39 is 0 Å². The van der Waals surface area contributed by atoms with E-state index in [9.17, 15) is 0 Å². The van der Waals surface area contributed by atoms with Crippen molar-refractivity contribution in [1.29, 1.82) is 0 Å². The largest absolute Gasteiger partial charge is 0.330 e. The summed E-state index contributed by atoms with van der Waals surface area (Å²) in [6.07, 6.45) is 4.62. The number of nitrogens with zero attached hydrogens (tertiary/aromatic N) is 5. The van der Waals surface area contributed by atoms with Crippen molar-refractivity contribution in [3.63, 3.8) is 0 Å². The zero-order valence-electron chi connectivity index (χ0n) is 11.5. The van der Waals surface area contributed by atoms with Crippen LogP contribution in [0.25, 0.3) is 0 Å². The molecule has 0 aliphatic carbocycles. The van der Waals surface area contributed by atoms with Crippen LogP contribution in [0.2, 0.25) is 0 Å². The molecule has 0 amide bonds. The van der Waals surface area contributed by atoms with Crippen LogP contribution in [0.15, 0.2) is 22.5 Å². The first kappa shape index (κ1) is 13.9. The van der Waals surface area contributed by atoms with Crippen molar-refractivity contribution in [2.75, 3.05) is 20.6 Å². The Hall–Kier alpha value is -1.55. The maximum atomic E-state index is 5.51. The van der Waals surface area contributed by atoms with Crippen LogP contribution < -0.4 is 5.73 Å². The van der Waals surface area contributed by atoms with Crippen LogP contribution in [-0.4, -0.2) is 41.8 Å². The predicted octanol–water partition coefficient (Wildman–Crippen LogP) is 1.38. The van der Waals surface area contributed by atoms with Gasteiger partial charge >= 0.3 is 0 Å². The van der Waals surface area contributed by atoms with E-state index in [1.54, 1.807) is 12.3 Å². The lowest BCUT2D eigenvalue weighted by molar-refractivity contribution is -0.0759. The fourth-order valence-electron chi connectivity index (χ4n) is 2.05. The molecule has 1 aliphatic heterocycles. The third-order valence-corrected chi connectivity index (χ3v) is 3.32. The lowest BCUT2D eigenvalue weighted by atomic mass is 10.2. The highest BCUT2D eigenvalue weighted by Crippen LogP contribution is 2.27. The molecule has 2 atom stereocenters. The quantitative estimate of drug-likeness (QED) is 0.812. The van der Waals surface area contributed by atoms with Gasteiger partial charge in [0.1, 0.15) is 11.9 Å². The Morgan fingerprint density at radius 2 is 2.11 bits per heavy atom. The fraction of sp³-hybridized carbons (Fsp3) is 0.615. The average Bonchev–Trinajstić information content (AvgIpc) is 2.45. The monoisotopic (exact) mass is 260 g/mol. The van der Waals surface area contributed by atoms with Crippen LogP contribution in [0.4, 0.5) is 0 Å².